The highest BCUT2D eigenvalue weighted by molar-refractivity contribution is 5.35. The quantitative estimate of drug-likeness (QED) is 0.869. The second-order valence-electron chi connectivity index (χ2n) is 7.12. The third kappa shape index (κ3) is 3.54. The maximum Gasteiger partial charge on any atom is 0.123 e. The summed E-state index contributed by atoms with van der Waals surface area (Å²) >= 11 is 0. The number of ether oxygens (including phenoxy) is 1. The van der Waals surface area contributed by atoms with Crippen LogP contribution in [0, 0.1) is 11.3 Å². The first-order chi connectivity index (χ1) is 9.43. The summed E-state index contributed by atoms with van der Waals surface area (Å²) in [6.07, 6.45) is 3.89. The molecule has 0 amide bonds. The topological polar surface area (TPSA) is 21.3 Å². The van der Waals surface area contributed by atoms with Crippen LogP contribution in [-0.2, 0) is 0 Å². The molecular weight excluding hydrogens is 246 g/mol. The first kappa shape index (κ1) is 15.4. The van der Waals surface area contributed by atoms with E-state index in [0.29, 0.717) is 17.5 Å². The van der Waals surface area contributed by atoms with Gasteiger partial charge in [0.2, 0.25) is 0 Å². The Balaban J connectivity index is 2.03. The number of benzene rings is 1. The molecule has 2 nitrogen and oxygen atoms in total. The fourth-order valence-electron chi connectivity index (χ4n) is 3.63. The molecule has 3 atom stereocenters. The van der Waals surface area contributed by atoms with Gasteiger partial charge in [-0.1, -0.05) is 39.0 Å². The standard InChI is InChI=1S/C18H29NO/c1-13-12-18(3,4)11-10-16(13)19-14(2)15-8-6-7-9-17(15)20-5/h6-9,13-14,16,19H,10-12H2,1-5H3/t13?,14-,16?/m1/s1. The van der Waals surface area contributed by atoms with Gasteiger partial charge in [-0.15, -0.1) is 0 Å². The number of rotatable bonds is 4. The van der Waals surface area contributed by atoms with Gasteiger partial charge in [-0.2, -0.15) is 0 Å². The molecule has 20 heavy (non-hydrogen) atoms. The van der Waals surface area contributed by atoms with Crippen LogP contribution in [0.2, 0.25) is 0 Å². The van der Waals surface area contributed by atoms with E-state index in [4.69, 9.17) is 4.74 Å². The molecule has 0 saturated heterocycles. The molecule has 2 rings (SSSR count). The molecular formula is C18H29NO. The zero-order valence-electron chi connectivity index (χ0n) is 13.6. The molecule has 1 fully saturated rings. The van der Waals surface area contributed by atoms with Gasteiger partial charge in [-0.05, 0) is 43.6 Å². The molecule has 1 N–H and O–H groups in total. The Morgan fingerprint density at radius 3 is 2.65 bits per heavy atom. The van der Waals surface area contributed by atoms with Gasteiger partial charge < -0.3 is 10.1 Å². The Labute approximate surface area is 123 Å². The second-order valence-corrected chi connectivity index (χ2v) is 7.12. The van der Waals surface area contributed by atoms with Gasteiger partial charge in [0.05, 0.1) is 7.11 Å². The number of methoxy groups -OCH3 is 1. The van der Waals surface area contributed by atoms with E-state index in [1.807, 2.05) is 12.1 Å². The van der Waals surface area contributed by atoms with E-state index in [1.165, 1.54) is 24.8 Å². The van der Waals surface area contributed by atoms with E-state index in [1.54, 1.807) is 7.11 Å². The van der Waals surface area contributed by atoms with Crippen LogP contribution < -0.4 is 10.1 Å². The molecule has 1 aromatic rings. The summed E-state index contributed by atoms with van der Waals surface area (Å²) in [7, 11) is 1.75. The smallest absolute Gasteiger partial charge is 0.123 e. The number of hydrogen-bond donors (Lipinski definition) is 1. The van der Waals surface area contributed by atoms with Crippen molar-refractivity contribution in [1.82, 2.24) is 5.32 Å². The van der Waals surface area contributed by atoms with Crippen molar-refractivity contribution < 1.29 is 4.74 Å². The Kier molecular flexibility index (Phi) is 4.74. The third-order valence-corrected chi connectivity index (χ3v) is 4.76. The van der Waals surface area contributed by atoms with Crippen LogP contribution in [0.1, 0.15) is 58.6 Å². The van der Waals surface area contributed by atoms with Crippen LogP contribution >= 0.6 is 0 Å². The van der Waals surface area contributed by atoms with Gasteiger partial charge in [0.1, 0.15) is 5.75 Å². The van der Waals surface area contributed by atoms with Gasteiger partial charge in [0.15, 0.2) is 0 Å². The van der Waals surface area contributed by atoms with E-state index in [9.17, 15) is 0 Å². The molecule has 112 valence electrons. The minimum absolute atomic E-state index is 0.333. The maximum absolute atomic E-state index is 5.48. The number of hydrogen-bond acceptors (Lipinski definition) is 2. The second kappa shape index (κ2) is 6.17. The largest absolute Gasteiger partial charge is 0.496 e. The molecule has 1 aromatic carbocycles. The molecule has 1 aliphatic rings. The van der Waals surface area contributed by atoms with Crippen molar-refractivity contribution in [3.05, 3.63) is 29.8 Å². The minimum atomic E-state index is 0.333. The Morgan fingerprint density at radius 2 is 2.00 bits per heavy atom. The Morgan fingerprint density at radius 1 is 1.30 bits per heavy atom. The van der Waals surface area contributed by atoms with Crippen LogP contribution in [-0.4, -0.2) is 13.2 Å². The van der Waals surface area contributed by atoms with Gasteiger partial charge in [0.25, 0.3) is 0 Å². The zero-order chi connectivity index (χ0) is 14.8. The molecule has 2 unspecified atom stereocenters. The molecule has 1 saturated carbocycles. The predicted molar refractivity (Wildman–Crippen MR) is 85.1 cm³/mol. The summed E-state index contributed by atoms with van der Waals surface area (Å²) in [6.45, 7) is 9.41. The van der Waals surface area contributed by atoms with Crippen LogP contribution in [0.4, 0.5) is 0 Å². The first-order valence-corrected chi connectivity index (χ1v) is 7.82. The fourth-order valence-corrected chi connectivity index (χ4v) is 3.63. The Hall–Kier alpha value is -1.02. The molecule has 0 spiro atoms. The van der Waals surface area contributed by atoms with Gasteiger partial charge in [0, 0.05) is 17.6 Å². The molecule has 0 heterocycles. The molecule has 0 radical (unpaired) electrons. The highest BCUT2D eigenvalue weighted by atomic mass is 16.5. The van der Waals surface area contributed by atoms with Crippen molar-refractivity contribution in [1.29, 1.82) is 0 Å². The number of nitrogens with one attached hydrogen (secondary N) is 1. The lowest BCUT2D eigenvalue weighted by Gasteiger charge is -2.41. The monoisotopic (exact) mass is 275 g/mol. The van der Waals surface area contributed by atoms with E-state index < -0.39 is 0 Å². The fraction of sp³-hybridized carbons (Fsp3) is 0.667. The normalized spacial score (nSPS) is 27.1. The summed E-state index contributed by atoms with van der Waals surface area (Å²) < 4.78 is 5.48. The van der Waals surface area contributed by atoms with E-state index >= 15 is 0 Å². The van der Waals surface area contributed by atoms with E-state index in [-0.39, 0.29) is 0 Å². The molecule has 1 aliphatic carbocycles. The van der Waals surface area contributed by atoms with Crippen LogP contribution in [0.25, 0.3) is 0 Å². The van der Waals surface area contributed by atoms with Crippen LogP contribution in [0.15, 0.2) is 24.3 Å². The third-order valence-electron chi connectivity index (χ3n) is 4.76. The summed E-state index contributed by atoms with van der Waals surface area (Å²) in [5.41, 5.74) is 1.76. The van der Waals surface area contributed by atoms with Crippen molar-refractivity contribution in [3.63, 3.8) is 0 Å². The molecule has 0 bridgehead atoms. The van der Waals surface area contributed by atoms with Gasteiger partial charge >= 0.3 is 0 Å². The Bertz CT molecular complexity index is 441. The van der Waals surface area contributed by atoms with E-state index in [0.717, 1.165) is 11.7 Å². The lowest BCUT2D eigenvalue weighted by molar-refractivity contribution is 0.142. The minimum Gasteiger partial charge on any atom is -0.496 e. The lowest BCUT2D eigenvalue weighted by atomic mass is 9.70. The van der Waals surface area contributed by atoms with Crippen LogP contribution in [0.5, 0.6) is 5.75 Å². The first-order valence-electron chi connectivity index (χ1n) is 7.82. The van der Waals surface area contributed by atoms with Crippen molar-refractivity contribution in [2.75, 3.05) is 7.11 Å². The molecule has 0 aromatic heterocycles. The predicted octanol–water partition coefficient (Wildman–Crippen LogP) is 4.56. The summed E-state index contributed by atoms with van der Waals surface area (Å²) in [6, 6.07) is 9.27. The molecule has 0 aliphatic heterocycles. The highest BCUT2D eigenvalue weighted by Gasteiger charge is 2.33. The van der Waals surface area contributed by atoms with E-state index in [2.05, 4.69) is 45.1 Å². The highest BCUT2D eigenvalue weighted by Crippen LogP contribution is 2.39. The van der Waals surface area contributed by atoms with Crippen molar-refractivity contribution in [2.45, 2.75) is 59.0 Å². The summed E-state index contributed by atoms with van der Waals surface area (Å²) in [5.74, 6) is 1.71. The zero-order valence-corrected chi connectivity index (χ0v) is 13.6. The average molecular weight is 275 g/mol. The number of para-hydroxylation sites is 1. The van der Waals surface area contributed by atoms with Crippen molar-refractivity contribution in [3.8, 4) is 5.75 Å². The SMILES string of the molecule is COc1ccccc1[C@@H](C)NC1CCC(C)(C)CC1C. The van der Waals surface area contributed by atoms with Gasteiger partial charge in [-0.3, -0.25) is 0 Å². The lowest BCUT2D eigenvalue weighted by Crippen LogP contribution is -2.42. The van der Waals surface area contributed by atoms with Crippen LogP contribution in [0.3, 0.4) is 0 Å². The summed E-state index contributed by atoms with van der Waals surface area (Å²) in [5, 5.41) is 3.82. The molecule has 2 heteroatoms. The van der Waals surface area contributed by atoms with Gasteiger partial charge in [-0.25, -0.2) is 0 Å². The maximum atomic E-state index is 5.48. The average Bonchev–Trinajstić information content (AvgIpc) is 2.41. The summed E-state index contributed by atoms with van der Waals surface area (Å²) in [4.78, 5) is 0. The van der Waals surface area contributed by atoms with Crippen molar-refractivity contribution >= 4 is 0 Å². The van der Waals surface area contributed by atoms with Crippen molar-refractivity contribution in [2.24, 2.45) is 11.3 Å².